The maximum absolute atomic E-state index is 11.1. The lowest BCUT2D eigenvalue weighted by Crippen LogP contribution is -1.91. The second kappa shape index (κ2) is 2.87. The second-order valence-corrected chi connectivity index (χ2v) is 3.45. The molecule has 1 aromatic carbocycles. The molecule has 0 aliphatic carbocycles. The molecule has 2 aromatic rings. The minimum atomic E-state index is -0.156. The maximum Gasteiger partial charge on any atom is 0.179 e. The van der Waals surface area contributed by atoms with Gasteiger partial charge in [-0.1, -0.05) is 11.6 Å². The van der Waals surface area contributed by atoms with E-state index in [1.807, 2.05) is 25.1 Å². The van der Waals surface area contributed by atoms with Crippen LogP contribution in [0.1, 0.15) is 23.0 Å². The number of Topliss-reactive ketones (excluding diaryl/α,β-unsaturated/α-hetero) is 1. The van der Waals surface area contributed by atoms with Crippen LogP contribution in [0, 0.1) is 6.92 Å². The number of rotatable bonds is 1. The van der Waals surface area contributed by atoms with Gasteiger partial charge >= 0.3 is 0 Å². The van der Waals surface area contributed by atoms with Gasteiger partial charge in [0.2, 0.25) is 0 Å². The van der Waals surface area contributed by atoms with Gasteiger partial charge in [-0.05, 0) is 19.1 Å². The van der Waals surface area contributed by atoms with E-state index in [0.29, 0.717) is 5.39 Å². The number of carbonyl (C=O) groups is 1. The zero-order chi connectivity index (χ0) is 10.3. The number of fused-ring (bicyclic) bond motifs is 1. The number of hydrogen-bond donors (Lipinski definition) is 2. The Morgan fingerprint density at radius 2 is 2.14 bits per heavy atom. The molecule has 1 aromatic heterocycles. The summed E-state index contributed by atoms with van der Waals surface area (Å²) in [4.78, 5) is 14.0. The minimum absolute atomic E-state index is 0.0520. The molecule has 3 heteroatoms. The van der Waals surface area contributed by atoms with Crippen molar-refractivity contribution in [3.05, 3.63) is 29.5 Å². The summed E-state index contributed by atoms with van der Waals surface area (Å²) < 4.78 is 0. The van der Waals surface area contributed by atoms with Crippen molar-refractivity contribution in [2.24, 2.45) is 0 Å². The summed E-state index contributed by atoms with van der Waals surface area (Å²) in [5.41, 5.74) is 2.13. The number of carbonyl (C=O) groups excluding carboxylic acids is 1. The van der Waals surface area contributed by atoms with E-state index in [1.54, 1.807) is 0 Å². The molecule has 0 aliphatic heterocycles. The van der Waals surface area contributed by atoms with Gasteiger partial charge in [-0.15, -0.1) is 0 Å². The third kappa shape index (κ3) is 1.18. The molecule has 2 rings (SSSR count). The summed E-state index contributed by atoms with van der Waals surface area (Å²) in [6.45, 7) is 3.37. The van der Waals surface area contributed by atoms with Gasteiger partial charge < -0.3 is 10.1 Å². The first kappa shape index (κ1) is 8.81. The lowest BCUT2D eigenvalue weighted by atomic mass is 10.1. The molecule has 0 unspecified atom stereocenters. The van der Waals surface area contributed by atoms with Crippen molar-refractivity contribution in [3.63, 3.8) is 0 Å². The number of aromatic amines is 1. The van der Waals surface area contributed by atoms with Crippen LogP contribution >= 0.6 is 0 Å². The predicted octanol–water partition coefficient (Wildman–Crippen LogP) is 2.38. The lowest BCUT2D eigenvalue weighted by molar-refractivity contribution is 0.101. The summed E-state index contributed by atoms with van der Waals surface area (Å²) in [7, 11) is 0. The number of aromatic hydroxyl groups is 1. The molecule has 1 heterocycles. The predicted molar refractivity (Wildman–Crippen MR) is 54.7 cm³/mol. The van der Waals surface area contributed by atoms with Gasteiger partial charge in [0.15, 0.2) is 11.5 Å². The van der Waals surface area contributed by atoms with Crippen molar-refractivity contribution in [3.8, 4) is 5.75 Å². The topological polar surface area (TPSA) is 53.1 Å². The lowest BCUT2D eigenvalue weighted by Gasteiger charge is -1.92. The standard InChI is InChI=1S/C11H11NO2/c1-6-3-4-9-8(5-6)11(14)10(12-9)7(2)13/h3-5,12,14H,1-2H3. The summed E-state index contributed by atoms with van der Waals surface area (Å²) in [6.07, 6.45) is 0. The van der Waals surface area contributed by atoms with Crippen LogP contribution < -0.4 is 0 Å². The number of benzene rings is 1. The van der Waals surface area contributed by atoms with E-state index in [2.05, 4.69) is 4.98 Å². The van der Waals surface area contributed by atoms with Crippen LogP contribution in [-0.2, 0) is 0 Å². The Morgan fingerprint density at radius 3 is 2.79 bits per heavy atom. The maximum atomic E-state index is 11.1. The Hall–Kier alpha value is -1.77. The van der Waals surface area contributed by atoms with Crippen molar-refractivity contribution < 1.29 is 9.90 Å². The fourth-order valence-electron chi connectivity index (χ4n) is 1.55. The fraction of sp³-hybridized carbons (Fsp3) is 0.182. The molecule has 14 heavy (non-hydrogen) atoms. The Morgan fingerprint density at radius 1 is 1.43 bits per heavy atom. The second-order valence-electron chi connectivity index (χ2n) is 3.45. The van der Waals surface area contributed by atoms with E-state index in [9.17, 15) is 9.90 Å². The van der Waals surface area contributed by atoms with Gasteiger partial charge in [-0.3, -0.25) is 4.79 Å². The summed E-state index contributed by atoms with van der Waals surface area (Å²) in [6, 6.07) is 5.65. The molecule has 0 amide bonds. The summed E-state index contributed by atoms with van der Waals surface area (Å²) in [5.74, 6) is -0.104. The largest absolute Gasteiger partial charge is 0.505 e. The van der Waals surface area contributed by atoms with E-state index < -0.39 is 0 Å². The van der Waals surface area contributed by atoms with E-state index in [1.165, 1.54) is 6.92 Å². The third-order valence-electron chi connectivity index (χ3n) is 2.28. The number of hydrogen-bond acceptors (Lipinski definition) is 2. The van der Waals surface area contributed by atoms with Crippen LogP contribution in [0.15, 0.2) is 18.2 Å². The smallest absolute Gasteiger partial charge is 0.179 e. The van der Waals surface area contributed by atoms with Crippen molar-refractivity contribution in [1.29, 1.82) is 0 Å². The highest BCUT2D eigenvalue weighted by Crippen LogP contribution is 2.29. The Balaban J connectivity index is 2.80. The Labute approximate surface area is 81.4 Å². The van der Waals surface area contributed by atoms with Gasteiger partial charge in [0.25, 0.3) is 0 Å². The van der Waals surface area contributed by atoms with E-state index in [4.69, 9.17) is 0 Å². The van der Waals surface area contributed by atoms with Crippen molar-refractivity contribution in [2.75, 3.05) is 0 Å². The number of ketones is 1. The highest BCUT2D eigenvalue weighted by atomic mass is 16.3. The number of aromatic nitrogens is 1. The van der Waals surface area contributed by atoms with Crippen molar-refractivity contribution in [1.82, 2.24) is 4.98 Å². The van der Waals surface area contributed by atoms with Crippen LogP contribution in [0.4, 0.5) is 0 Å². The monoisotopic (exact) mass is 189 g/mol. The molecule has 0 saturated heterocycles. The molecule has 72 valence electrons. The molecule has 0 fully saturated rings. The molecule has 0 spiro atoms. The zero-order valence-corrected chi connectivity index (χ0v) is 8.09. The van der Waals surface area contributed by atoms with Crippen LogP contribution in [0.2, 0.25) is 0 Å². The SMILES string of the molecule is CC(=O)c1[nH]c2ccc(C)cc2c1O. The van der Waals surface area contributed by atoms with Crippen molar-refractivity contribution in [2.45, 2.75) is 13.8 Å². The van der Waals surface area contributed by atoms with Gasteiger partial charge in [-0.25, -0.2) is 0 Å². The number of H-pyrrole nitrogens is 1. The Kier molecular flexibility index (Phi) is 1.81. The highest BCUT2D eigenvalue weighted by molar-refractivity contribution is 6.03. The molecular formula is C11H11NO2. The molecule has 2 N–H and O–H groups in total. The van der Waals surface area contributed by atoms with Crippen LogP contribution in [-0.4, -0.2) is 15.9 Å². The van der Waals surface area contributed by atoms with Crippen LogP contribution in [0.25, 0.3) is 10.9 Å². The first-order valence-corrected chi connectivity index (χ1v) is 4.42. The number of nitrogens with one attached hydrogen (secondary N) is 1. The normalized spacial score (nSPS) is 10.7. The first-order valence-electron chi connectivity index (χ1n) is 4.42. The highest BCUT2D eigenvalue weighted by Gasteiger charge is 2.13. The van der Waals surface area contributed by atoms with E-state index >= 15 is 0 Å². The number of aryl methyl sites for hydroxylation is 1. The van der Waals surface area contributed by atoms with Crippen LogP contribution in [0.3, 0.4) is 0 Å². The van der Waals surface area contributed by atoms with E-state index in [-0.39, 0.29) is 17.2 Å². The molecular weight excluding hydrogens is 178 g/mol. The molecule has 0 bridgehead atoms. The molecule has 0 atom stereocenters. The van der Waals surface area contributed by atoms with Crippen LogP contribution in [0.5, 0.6) is 5.75 Å². The average molecular weight is 189 g/mol. The third-order valence-corrected chi connectivity index (χ3v) is 2.28. The van der Waals surface area contributed by atoms with Gasteiger partial charge in [0.1, 0.15) is 5.69 Å². The average Bonchev–Trinajstić information content (AvgIpc) is 2.44. The quantitative estimate of drug-likeness (QED) is 0.677. The molecule has 0 radical (unpaired) electrons. The summed E-state index contributed by atoms with van der Waals surface area (Å²) in [5, 5.41) is 10.4. The molecule has 0 aliphatic rings. The fourth-order valence-corrected chi connectivity index (χ4v) is 1.55. The van der Waals surface area contributed by atoms with Crippen molar-refractivity contribution >= 4 is 16.7 Å². The zero-order valence-electron chi connectivity index (χ0n) is 8.09. The minimum Gasteiger partial charge on any atom is -0.505 e. The van der Waals surface area contributed by atoms with E-state index in [0.717, 1.165) is 11.1 Å². The van der Waals surface area contributed by atoms with Gasteiger partial charge in [0, 0.05) is 17.8 Å². The molecule has 0 saturated carbocycles. The first-order chi connectivity index (χ1) is 6.59. The summed E-state index contributed by atoms with van der Waals surface area (Å²) >= 11 is 0. The van der Waals surface area contributed by atoms with Gasteiger partial charge in [-0.2, -0.15) is 0 Å². The van der Waals surface area contributed by atoms with Gasteiger partial charge in [0.05, 0.1) is 0 Å². The Bertz CT molecular complexity index is 511. The molecule has 3 nitrogen and oxygen atoms in total.